The minimum atomic E-state index is -0.471. The second kappa shape index (κ2) is 4.90. The van der Waals surface area contributed by atoms with Crippen LogP contribution in [0.1, 0.15) is 19.8 Å². The number of imidazole rings is 1. The number of aromatic nitrogens is 2. The summed E-state index contributed by atoms with van der Waals surface area (Å²) in [5.74, 6) is -0.0736. The van der Waals surface area contributed by atoms with E-state index >= 15 is 0 Å². The van der Waals surface area contributed by atoms with Gasteiger partial charge in [-0.3, -0.25) is 0 Å². The zero-order valence-corrected chi connectivity index (χ0v) is 12.1. The number of benzene rings is 1. The van der Waals surface area contributed by atoms with E-state index in [-0.39, 0.29) is 10.4 Å². The fraction of sp³-hybridized carbons (Fsp3) is 0.500. The van der Waals surface area contributed by atoms with Crippen LogP contribution in [-0.2, 0) is 11.3 Å². The van der Waals surface area contributed by atoms with Gasteiger partial charge in [-0.2, -0.15) is 0 Å². The number of nitrogens with zero attached hydrogens (tertiary/aromatic N) is 2. The summed E-state index contributed by atoms with van der Waals surface area (Å²) in [4.78, 5) is 4.22. The summed E-state index contributed by atoms with van der Waals surface area (Å²) >= 11 is 5.87. The summed E-state index contributed by atoms with van der Waals surface area (Å²) < 4.78 is 20.8. The third-order valence-corrected chi connectivity index (χ3v) is 4.35. The maximum atomic E-state index is 13.5. The maximum absolute atomic E-state index is 13.5. The molecule has 1 aliphatic heterocycles. The van der Waals surface area contributed by atoms with Crippen LogP contribution in [0, 0.1) is 11.2 Å². The molecule has 1 aromatic carbocycles. The third kappa shape index (κ3) is 2.36. The van der Waals surface area contributed by atoms with E-state index in [4.69, 9.17) is 22.1 Å². The van der Waals surface area contributed by atoms with Crippen molar-refractivity contribution in [2.75, 3.05) is 18.9 Å². The summed E-state index contributed by atoms with van der Waals surface area (Å²) in [6, 6.07) is 2.93. The Bertz CT molecular complexity index is 649. The fourth-order valence-electron chi connectivity index (χ4n) is 2.71. The third-order valence-electron chi connectivity index (χ3n) is 4.06. The number of ether oxygens (including phenoxy) is 1. The number of nitrogens with two attached hydrogens (primary N) is 1. The Morgan fingerprint density at radius 2 is 2.15 bits per heavy atom. The Morgan fingerprint density at radius 3 is 2.85 bits per heavy atom. The van der Waals surface area contributed by atoms with Gasteiger partial charge < -0.3 is 15.0 Å². The molecule has 2 N–H and O–H groups in total. The van der Waals surface area contributed by atoms with Gasteiger partial charge in [-0.15, -0.1) is 0 Å². The lowest BCUT2D eigenvalue weighted by atomic mass is 9.82. The number of nitrogen functional groups attached to an aromatic ring is 1. The molecule has 0 bridgehead atoms. The van der Waals surface area contributed by atoms with Crippen LogP contribution in [0.4, 0.5) is 10.3 Å². The molecule has 0 saturated carbocycles. The summed E-state index contributed by atoms with van der Waals surface area (Å²) in [5.41, 5.74) is 7.42. The van der Waals surface area contributed by atoms with Crippen molar-refractivity contribution in [1.82, 2.24) is 9.55 Å². The minimum Gasteiger partial charge on any atom is -0.381 e. The first-order valence-electron chi connectivity index (χ1n) is 6.67. The van der Waals surface area contributed by atoms with Gasteiger partial charge in [-0.25, -0.2) is 9.37 Å². The topological polar surface area (TPSA) is 53.1 Å². The van der Waals surface area contributed by atoms with E-state index < -0.39 is 5.82 Å². The molecule has 0 atom stereocenters. The molecule has 6 heteroatoms. The minimum absolute atomic E-state index is 0.0933. The molecule has 1 fully saturated rings. The molecular weight excluding hydrogens is 281 g/mol. The average Bonchev–Trinajstić information content (AvgIpc) is 2.67. The average molecular weight is 298 g/mol. The smallest absolute Gasteiger partial charge is 0.201 e. The first-order valence-corrected chi connectivity index (χ1v) is 7.05. The normalized spacial score (nSPS) is 18.6. The SMILES string of the molecule is CC1(Cn2c(N)nc3cc(F)c(Cl)cc32)CCOCC1. The molecule has 1 saturated heterocycles. The van der Waals surface area contributed by atoms with Crippen molar-refractivity contribution < 1.29 is 9.13 Å². The Hall–Kier alpha value is -1.33. The Balaban J connectivity index is 2.02. The molecule has 4 nitrogen and oxygen atoms in total. The van der Waals surface area contributed by atoms with Gasteiger partial charge in [0.1, 0.15) is 5.82 Å². The number of hydrogen-bond acceptors (Lipinski definition) is 3. The van der Waals surface area contributed by atoms with Crippen LogP contribution < -0.4 is 5.73 Å². The molecule has 20 heavy (non-hydrogen) atoms. The lowest BCUT2D eigenvalue weighted by Gasteiger charge is -2.34. The summed E-state index contributed by atoms with van der Waals surface area (Å²) in [6.07, 6.45) is 1.95. The molecule has 3 rings (SSSR count). The summed E-state index contributed by atoms with van der Waals surface area (Å²) in [6.45, 7) is 4.48. The second-order valence-electron chi connectivity index (χ2n) is 5.73. The molecule has 108 valence electrons. The molecule has 0 aliphatic carbocycles. The number of halogens is 2. The van der Waals surface area contributed by atoms with Crippen molar-refractivity contribution in [2.45, 2.75) is 26.3 Å². The van der Waals surface area contributed by atoms with Crippen LogP contribution in [0.3, 0.4) is 0 Å². The number of anilines is 1. The van der Waals surface area contributed by atoms with E-state index in [2.05, 4.69) is 11.9 Å². The first kappa shape index (κ1) is 13.6. The predicted molar refractivity (Wildman–Crippen MR) is 77.3 cm³/mol. The van der Waals surface area contributed by atoms with Crippen molar-refractivity contribution in [3.63, 3.8) is 0 Å². The fourth-order valence-corrected chi connectivity index (χ4v) is 2.87. The van der Waals surface area contributed by atoms with Gasteiger partial charge in [-0.05, 0) is 24.3 Å². The standard InChI is InChI=1S/C14H17ClFN3O/c1-14(2-4-20-5-3-14)8-19-12-6-9(15)10(16)7-11(12)18-13(19)17/h6-7H,2-5,8H2,1H3,(H2,17,18). The van der Waals surface area contributed by atoms with Gasteiger partial charge in [0.05, 0.1) is 16.1 Å². The second-order valence-corrected chi connectivity index (χ2v) is 6.14. The van der Waals surface area contributed by atoms with Crippen molar-refractivity contribution in [2.24, 2.45) is 5.41 Å². The predicted octanol–water partition coefficient (Wildman–Crippen LogP) is 3.23. The van der Waals surface area contributed by atoms with Crippen LogP contribution in [-0.4, -0.2) is 22.8 Å². The molecule has 2 aromatic rings. The number of rotatable bonds is 2. The van der Waals surface area contributed by atoms with E-state index in [1.807, 2.05) is 4.57 Å². The van der Waals surface area contributed by atoms with Crippen molar-refractivity contribution >= 4 is 28.6 Å². The quantitative estimate of drug-likeness (QED) is 0.926. The largest absolute Gasteiger partial charge is 0.381 e. The highest BCUT2D eigenvalue weighted by Gasteiger charge is 2.29. The van der Waals surface area contributed by atoms with E-state index in [1.54, 1.807) is 6.07 Å². The molecule has 0 amide bonds. The molecule has 2 heterocycles. The lowest BCUT2D eigenvalue weighted by molar-refractivity contribution is 0.0163. The van der Waals surface area contributed by atoms with Crippen LogP contribution in [0.2, 0.25) is 5.02 Å². The highest BCUT2D eigenvalue weighted by atomic mass is 35.5. The van der Waals surface area contributed by atoms with Crippen LogP contribution in [0.15, 0.2) is 12.1 Å². The number of hydrogen-bond donors (Lipinski definition) is 1. The molecule has 1 aliphatic rings. The van der Waals surface area contributed by atoms with Crippen molar-refractivity contribution in [3.8, 4) is 0 Å². The molecule has 0 spiro atoms. The summed E-state index contributed by atoms with van der Waals surface area (Å²) in [7, 11) is 0. The Morgan fingerprint density at radius 1 is 1.45 bits per heavy atom. The summed E-state index contributed by atoms with van der Waals surface area (Å²) in [5, 5.41) is 0.0933. The van der Waals surface area contributed by atoms with Crippen LogP contribution in [0.5, 0.6) is 0 Å². The van der Waals surface area contributed by atoms with Gasteiger partial charge in [0.25, 0.3) is 0 Å². The van der Waals surface area contributed by atoms with Gasteiger partial charge in [0, 0.05) is 25.8 Å². The van der Waals surface area contributed by atoms with Gasteiger partial charge in [0.15, 0.2) is 0 Å². The Kier molecular flexibility index (Phi) is 3.34. The molecule has 0 unspecified atom stereocenters. The maximum Gasteiger partial charge on any atom is 0.201 e. The van der Waals surface area contributed by atoms with Crippen LogP contribution in [0.25, 0.3) is 11.0 Å². The van der Waals surface area contributed by atoms with Gasteiger partial charge in [-0.1, -0.05) is 18.5 Å². The molecule has 0 radical (unpaired) electrons. The number of fused-ring (bicyclic) bond motifs is 1. The van der Waals surface area contributed by atoms with E-state index in [9.17, 15) is 4.39 Å². The zero-order valence-electron chi connectivity index (χ0n) is 11.3. The highest BCUT2D eigenvalue weighted by molar-refractivity contribution is 6.31. The highest BCUT2D eigenvalue weighted by Crippen LogP contribution is 2.34. The molecular formula is C14H17ClFN3O. The lowest BCUT2D eigenvalue weighted by Crippen LogP contribution is -2.31. The van der Waals surface area contributed by atoms with E-state index in [1.165, 1.54) is 6.07 Å². The first-order chi connectivity index (χ1) is 9.48. The molecule has 1 aromatic heterocycles. The Labute approximate surface area is 121 Å². The van der Waals surface area contributed by atoms with Gasteiger partial charge in [0.2, 0.25) is 5.95 Å². The van der Waals surface area contributed by atoms with Crippen molar-refractivity contribution in [3.05, 3.63) is 23.0 Å². The van der Waals surface area contributed by atoms with Crippen LogP contribution >= 0.6 is 11.6 Å². The van der Waals surface area contributed by atoms with E-state index in [0.29, 0.717) is 11.5 Å². The monoisotopic (exact) mass is 297 g/mol. The van der Waals surface area contributed by atoms with Crippen molar-refractivity contribution in [1.29, 1.82) is 0 Å². The van der Waals surface area contributed by atoms with Gasteiger partial charge >= 0.3 is 0 Å². The zero-order chi connectivity index (χ0) is 14.3. The van der Waals surface area contributed by atoms with E-state index in [0.717, 1.165) is 38.1 Å².